The third kappa shape index (κ3) is 6.73. The quantitative estimate of drug-likeness (QED) is 0.354. The molecule has 0 aromatic carbocycles. The van der Waals surface area contributed by atoms with Gasteiger partial charge in [-0.25, -0.2) is 9.98 Å². The van der Waals surface area contributed by atoms with Gasteiger partial charge in [-0.3, -0.25) is 0 Å². The molecule has 1 aromatic heterocycles. The molecule has 2 atom stereocenters. The topological polar surface area (TPSA) is 71.0 Å². The largest absolute Gasteiger partial charge is 0.375 e. The summed E-state index contributed by atoms with van der Waals surface area (Å²) in [6.45, 7) is 11.9. The third-order valence-electron chi connectivity index (χ3n) is 5.07. The van der Waals surface area contributed by atoms with Gasteiger partial charge >= 0.3 is 0 Å². The van der Waals surface area contributed by atoms with Crippen molar-refractivity contribution in [3.05, 3.63) is 23.9 Å². The average molecular weight is 503 g/mol. The van der Waals surface area contributed by atoms with E-state index in [4.69, 9.17) is 14.5 Å². The van der Waals surface area contributed by atoms with Crippen molar-refractivity contribution in [3.8, 4) is 0 Å². The second-order valence-corrected chi connectivity index (χ2v) is 7.60. The van der Waals surface area contributed by atoms with E-state index >= 15 is 0 Å². The van der Waals surface area contributed by atoms with E-state index in [0.29, 0.717) is 6.54 Å². The number of halogens is 1. The molecule has 2 unspecified atom stereocenters. The lowest BCUT2D eigenvalue weighted by atomic mass is 10.0. The zero-order valence-corrected chi connectivity index (χ0v) is 19.6. The zero-order valence-electron chi connectivity index (χ0n) is 17.2. The molecule has 28 heavy (non-hydrogen) atoms. The highest BCUT2D eigenvalue weighted by atomic mass is 127. The minimum Gasteiger partial charge on any atom is -0.375 e. The van der Waals surface area contributed by atoms with E-state index in [1.165, 1.54) is 0 Å². The molecule has 0 bridgehead atoms. The van der Waals surface area contributed by atoms with Crippen molar-refractivity contribution < 1.29 is 9.47 Å². The second-order valence-electron chi connectivity index (χ2n) is 7.60. The van der Waals surface area contributed by atoms with Crippen LogP contribution in [0.1, 0.15) is 39.2 Å². The van der Waals surface area contributed by atoms with Gasteiger partial charge in [-0.2, -0.15) is 0 Å². The van der Waals surface area contributed by atoms with Crippen LogP contribution in [0.2, 0.25) is 0 Å². The van der Waals surface area contributed by atoms with E-state index in [2.05, 4.69) is 47.4 Å². The standard InChI is InChI=1S/C20H33N5O2.HI/c1-4-21-19(24-15-20(3)7-5-10-27-20)23-13-17-6-8-22-18(12-17)25-9-11-26-16(2)14-25;/h6,8,12,16H,4-5,7,9-11,13-15H2,1-3H3,(H2,21,23,24);1H. The van der Waals surface area contributed by atoms with Crippen molar-refractivity contribution in [1.29, 1.82) is 0 Å². The highest BCUT2D eigenvalue weighted by Crippen LogP contribution is 2.23. The van der Waals surface area contributed by atoms with Gasteiger partial charge in [0.2, 0.25) is 0 Å². The van der Waals surface area contributed by atoms with E-state index in [-0.39, 0.29) is 35.7 Å². The molecule has 7 nitrogen and oxygen atoms in total. The molecule has 8 heteroatoms. The summed E-state index contributed by atoms with van der Waals surface area (Å²) in [5.74, 6) is 1.83. The highest BCUT2D eigenvalue weighted by Gasteiger charge is 2.29. The fraction of sp³-hybridized carbons (Fsp3) is 0.700. The number of anilines is 1. The van der Waals surface area contributed by atoms with Crippen LogP contribution in [0, 0.1) is 0 Å². The van der Waals surface area contributed by atoms with Gasteiger partial charge in [0.05, 0.1) is 24.9 Å². The van der Waals surface area contributed by atoms with Crippen molar-refractivity contribution in [3.63, 3.8) is 0 Å². The molecule has 2 fully saturated rings. The molecule has 3 heterocycles. The number of aliphatic imine (C=N–C) groups is 1. The lowest BCUT2D eigenvalue weighted by Gasteiger charge is -2.32. The molecule has 2 aliphatic rings. The van der Waals surface area contributed by atoms with Crippen LogP contribution in [0.25, 0.3) is 0 Å². The number of guanidine groups is 1. The Morgan fingerprint density at radius 3 is 2.96 bits per heavy atom. The van der Waals surface area contributed by atoms with Gasteiger partial charge in [0.1, 0.15) is 5.82 Å². The number of ether oxygens (including phenoxy) is 2. The molecule has 2 N–H and O–H groups in total. The van der Waals surface area contributed by atoms with E-state index in [1.54, 1.807) is 0 Å². The summed E-state index contributed by atoms with van der Waals surface area (Å²) in [5, 5.41) is 6.75. The van der Waals surface area contributed by atoms with Gasteiger partial charge in [-0.15, -0.1) is 24.0 Å². The van der Waals surface area contributed by atoms with Crippen LogP contribution in [-0.2, 0) is 16.0 Å². The first-order chi connectivity index (χ1) is 13.1. The lowest BCUT2D eigenvalue weighted by Crippen LogP contribution is -2.45. The molecule has 0 aliphatic carbocycles. The maximum absolute atomic E-state index is 5.85. The number of rotatable bonds is 6. The Morgan fingerprint density at radius 1 is 1.39 bits per heavy atom. The van der Waals surface area contributed by atoms with Crippen LogP contribution in [0.15, 0.2) is 23.3 Å². The maximum atomic E-state index is 5.85. The molecule has 0 radical (unpaired) electrons. The van der Waals surface area contributed by atoms with Gasteiger partial charge in [0.15, 0.2) is 5.96 Å². The normalized spacial score (nSPS) is 25.3. The van der Waals surface area contributed by atoms with Crippen molar-refractivity contribution in [2.75, 3.05) is 44.3 Å². The Hall–Kier alpha value is -1.13. The second kappa shape index (κ2) is 11.2. The first-order valence-corrected chi connectivity index (χ1v) is 10.1. The van der Waals surface area contributed by atoms with Gasteiger partial charge < -0.3 is 25.0 Å². The minimum absolute atomic E-state index is 0. The van der Waals surface area contributed by atoms with Gasteiger partial charge in [0, 0.05) is 39.0 Å². The molecule has 3 rings (SSSR count). The third-order valence-corrected chi connectivity index (χ3v) is 5.07. The molecule has 2 aliphatic heterocycles. The maximum Gasteiger partial charge on any atom is 0.191 e. The lowest BCUT2D eigenvalue weighted by molar-refractivity contribution is 0.0243. The Balaban J connectivity index is 0.00000280. The van der Waals surface area contributed by atoms with Crippen LogP contribution in [-0.4, -0.2) is 62.0 Å². The van der Waals surface area contributed by atoms with Crippen LogP contribution in [0.3, 0.4) is 0 Å². The summed E-state index contributed by atoms with van der Waals surface area (Å²) in [6, 6.07) is 4.16. The molecule has 2 saturated heterocycles. The number of nitrogens with one attached hydrogen (secondary N) is 2. The van der Waals surface area contributed by atoms with Crippen LogP contribution < -0.4 is 15.5 Å². The molecule has 0 saturated carbocycles. The molecular weight excluding hydrogens is 469 g/mol. The summed E-state index contributed by atoms with van der Waals surface area (Å²) in [5.41, 5.74) is 1.06. The predicted molar refractivity (Wildman–Crippen MR) is 124 cm³/mol. The first kappa shape index (κ1) is 23.2. The molecular formula is C20H34IN5O2. The number of morpholine rings is 1. The SMILES string of the molecule is CCNC(=NCc1ccnc(N2CCOC(C)C2)c1)NCC1(C)CCCO1.I. The smallest absolute Gasteiger partial charge is 0.191 e. The Bertz CT molecular complexity index is 637. The summed E-state index contributed by atoms with van der Waals surface area (Å²) in [7, 11) is 0. The summed E-state index contributed by atoms with van der Waals surface area (Å²) < 4.78 is 11.5. The molecule has 158 valence electrons. The number of aromatic nitrogens is 1. The van der Waals surface area contributed by atoms with Crippen LogP contribution >= 0.6 is 24.0 Å². The Labute approximate surface area is 185 Å². The number of nitrogens with zero attached hydrogens (tertiary/aromatic N) is 3. The minimum atomic E-state index is -0.0902. The number of hydrogen-bond acceptors (Lipinski definition) is 5. The average Bonchev–Trinajstić information content (AvgIpc) is 3.11. The van der Waals surface area contributed by atoms with Crippen LogP contribution in [0.4, 0.5) is 5.82 Å². The summed E-state index contributed by atoms with van der Waals surface area (Å²) in [6.07, 6.45) is 4.33. The van der Waals surface area contributed by atoms with E-state index < -0.39 is 0 Å². The predicted octanol–water partition coefficient (Wildman–Crippen LogP) is 2.55. The Kier molecular flexibility index (Phi) is 9.23. The van der Waals surface area contributed by atoms with Gasteiger partial charge in [0.25, 0.3) is 0 Å². The van der Waals surface area contributed by atoms with Crippen molar-refractivity contribution in [2.45, 2.75) is 51.9 Å². The highest BCUT2D eigenvalue weighted by molar-refractivity contribution is 14.0. The number of pyridine rings is 1. The summed E-state index contributed by atoms with van der Waals surface area (Å²) >= 11 is 0. The molecule has 0 amide bonds. The fourth-order valence-corrected chi connectivity index (χ4v) is 3.52. The summed E-state index contributed by atoms with van der Waals surface area (Å²) in [4.78, 5) is 11.6. The molecule has 1 aromatic rings. The van der Waals surface area contributed by atoms with E-state index in [0.717, 1.165) is 69.6 Å². The Morgan fingerprint density at radius 2 is 2.25 bits per heavy atom. The van der Waals surface area contributed by atoms with Crippen LogP contribution in [0.5, 0.6) is 0 Å². The first-order valence-electron chi connectivity index (χ1n) is 10.1. The monoisotopic (exact) mass is 503 g/mol. The van der Waals surface area contributed by atoms with E-state index in [1.807, 2.05) is 12.3 Å². The van der Waals surface area contributed by atoms with Crippen molar-refractivity contribution in [1.82, 2.24) is 15.6 Å². The van der Waals surface area contributed by atoms with Gasteiger partial charge in [-0.05, 0) is 51.3 Å². The van der Waals surface area contributed by atoms with Crippen molar-refractivity contribution in [2.24, 2.45) is 4.99 Å². The van der Waals surface area contributed by atoms with Crippen molar-refractivity contribution >= 4 is 35.8 Å². The zero-order chi connectivity index (χ0) is 19.1. The van der Waals surface area contributed by atoms with E-state index in [9.17, 15) is 0 Å². The van der Waals surface area contributed by atoms with Gasteiger partial charge in [-0.1, -0.05) is 0 Å². The molecule has 0 spiro atoms. The fourth-order valence-electron chi connectivity index (χ4n) is 3.52. The number of hydrogen-bond donors (Lipinski definition) is 2.